The molecule has 12 aliphatic rings. The van der Waals surface area contributed by atoms with Crippen molar-refractivity contribution in [2.24, 2.45) is 0 Å². The number of carbonyl (C=O) groups is 4. The summed E-state index contributed by atoms with van der Waals surface area (Å²) in [5, 5.41) is 360. The smallest absolute Gasteiger partial charge is 0.217 e. The first-order chi connectivity index (χ1) is 67.1. The van der Waals surface area contributed by atoms with Crippen LogP contribution in [0.2, 0.25) is 0 Å². The van der Waals surface area contributed by atoms with Crippen LogP contribution in [0.25, 0.3) is 0 Å². The second kappa shape index (κ2) is 50.3. The van der Waals surface area contributed by atoms with E-state index in [9.17, 15) is 177 Å². The predicted molar refractivity (Wildman–Crippen MR) is 437 cm³/mol. The third-order valence-electron chi connectivity index (χ3n) is 26.6. The van der Waals surface area contributed by atoms with E-state index in [1.807, 2.05) is 0 Å². The van der Waals surface area contributed by atoms with Crippen LogP contribution in [0, 0.1) is 0 Å². The van der Waals surface area contributed by atoms with Crippen LogP contribution in [-0.2, 0) is 128 Å². The molecule has 4 amide bonds. The Morgan fingerprint density at radius 1 is 0.197 bits per heavy atom. The monoisotopic (exact) mass is 2080 g/mol. The minimum absolute atomic E-state index is 0.875. The fraction of sp³-hybridized carbons (Fsp3) is 0.950. The number of aliphatic hydroxyl groups excluding tert-OH is 31. The fourth-order valence-corrected chi connectivity index (χ4v) is 18.6. The first-order valence-corrected chi connectivity index (χ1v) is 45.7. The van der Waals surface area contributed by atoms with Crippen LogP contribution in [-0.4, -0.2) is 610 Å². The van der Waals surface area contributed by atoms with Crippen molar-refractivity contribution >= 4 is 23.6 Å². The molecule has 0 aliphatic carbocycles. The van der Waals surface area contributed by atoms with Crippen molar-refractivity contribution < 1.29 is 286 Å². The molecular formula is C80H134N4O58. The molecule has 0 aromatic rings. The maximum Gasteiger partial charge on any atom is 0.217 e. The van der Waals surface area contributed by atoms with Crippen LogP contribution in [0.1, 0.15) is 48.5 Å². The van der Waals surface area contributed by atoms with E-state index in [0.717, 1.165) is 27.7 Å². The molecule has 60 atom stereocenters. The van der Waals surface area contributed by atoms with Gasteiger partial charge in [0.2, 0.25) is 23.6 Å². The molecule has 62 heteroatoms. The van der Waals surface area contributed by atoms with Gasteiger partial charge in [-0.15, -0.1) is 0 Å². The van der Waals surface area contributed by atoms with E-state index in [1.54, 1.807) is 0 Å². The number of ether oxygens (including phenoxy) is 23. The largest absolute Gasteiger partial charge is 0.394 e. The highest BCUT2D eigenvalue weighted by Gasteiger charge is 2.64. The van der Waals surface area contributed by atoms with E-state index in [2.05, 4.69) is 21.3 Å². The predicted octanol–water partition coefficient (Wildman–Crippen LogP) is -23.5. The van der Waals surface area contributed by atoms with Gasteiger partial charge in [0.15, 0.2) is 75.5 Å². The fourth-order valence-electron chi connectivity index (χ4n) is 18.6. The normalized spacial score (nSPS) is 50.9. The molecule has 0 saturated carbocycles. The SMILES string of the molecule is CC(=O)N[C@@H]1[C@@H](O)[C@H](O[C@@H]2O[C@H](CO)[C@@H](O[C@@H]3O[C@H](CO[C@H]4O[C@H](CO)[C@@H](O)[C@H](O)[C@@H]4O[C@@H]4O[C@H](CO)[C@@H](O[C@@H]5O[C@H](CO)[C@H](O)[C@H](O)[C@H]5O)[C@H](O[C@@H]5O[C@@H](C)[C@@H](O)[C@@H](O)[C@@H]5O)[C@H]4NC(C)=O)[C@@H](O)[C@H](O[C@H]4O[C@H](CO)[C@@H](O)[C@H](O)[C@@H]4O[C@@H]4O[C@H](CO)[C@@H](O[C@@H]5O[C@H](CO)[C@H](O)[C@H](O)[C@H]5O)[C@H](O[C@@H]5O[C@@H](C)[C@@H](O)[C@@H](O)[C@@H]5O)[C@H]4NC(C)=O)[C@@H]3O)[C@H](O)[C@H]2NC(C)=O)[C@@H](CO[C@H]2O[C@H](C)[C@H](O)[C@H](O)[C@H]2O)O[C@H]1O. The minimum Gasteiger partial charge on any atom is -0.394 e. The van der Waals surface area contributed by atoms with Gasteiger partial charge >= 0.3 is 0 Å². The average Bonchev–Trinajstić information content (AvgIpc) is 0.759. The Balaban J connectivity index is 0.917. The van der Waals surface area contributed by atoms with E-state index < -0.39 is 451 Å². The Hall–Kier alpha value is -4.28. The van der Waals surface area contributed by atoms with E-state index in [1.165, 1.54) is 20.8 Å². The third-order valence-corrected chi connectivity index (χ3v) is 26.6. The Morgan fingerprint density at radius 2 is 0.451 bits per heavy atom. The van der Waals surface area contributed by atoms with E-state index in [-0.39, 0.29) is 0 Å². The number of amides is 4. The van der Waals surface area contributed by atoms with Crippen LogP contribution in [0.15, 0.2) is 0 Å². The highest BCUT2D eigenvalue weighted by molar-refractivity contribution is 5.74. The molecule has 0 radical (unpaired) electrons. The molecule has 0 bridgehead atoms. The lowest BCUT2D eigenvalue weighted by atomic mass is 9.93. The molecular weight excluding hydrogens is 1940 g/mol. The molecule has 12 rings (SSSR count). The lowest BCUT2D eigenvalue weighted by Gasteiger charge is -2.52. The van der Waals surface area contributed by atoms with Gasteiger partial charge in [-0.2, -0.15) is 0 Å². The molecule has 12 saturated heterocycles. The van der Waals surface area contributed by atoms with Gasteiger partial charge in [-0.05, 0) is 20.8 Å². The molecule has 12 aliphatic heterocycles. The lowest BCUT2D eigenvalue weighted by molar-refractivity contribution is -0.404. The maximum atomic E-state index is 13.7. The summed E-state index contributed by atoms with van der Waals surface area (Å²) in [6.45, 7) is -3.33. The molecule has 0 spiro atoms. The zero-order chi connectivity index (χ0) is 104. The molecule has 35 N–H and O–H groups in total. The Bertz CT molecular complexity index is 3940. The van der Waals surface area contributed by atoms with Gasteiger partial charge in [0, 0.05) is 27.7 Å². The summed E-state index contributed by atoms with van der Waals surface area (Å²) in [7, 11) is 0. The summed E-state index contributed by atoms with van der Waals surface area (Å²) in [5.41, 5.74) is 0. The quantitative estimate of drug-likeness (QED) is 0.0280. The van der Waals surface area contributed by atoms with Crippen LogP contribution < -0.4 is 21.3 Å². The molecule has 0 aromatic heterocycles. The number of hydrogen-bond acceptors (Lipinski definition) is 58. The van der Waals surface area contributed by atoms with Gasteiger partial charge in [-0.25, -0.2) is 0 Å². The average molecular weight is 2080 g/mol. The molecule has 142 heavy (non-hydrogen) atoms. The van der Waals surface area contributed by atoms with Gasteiger partial charge in [0.05, 0.1) is 77.8 Å². The van der Waals surface area contributed by atoms with Crippen LogP contribution in [0.5, 0.6) is 0 Å². The molecule has 12 heterocycles. The van der Waals surface area contributed by atoms with Crippen molar-refractivity contribution in [1.82, 2.24) is 21.3 Å². The van der Waals surface area contributed by atoms with Crippen molar-refractivity contribution in [2.45, 2.75) is 417 Å². The van der Waals surface area contributed by atoms with Gasteiger partial charge in [0.25, 0.3) is 0 Å². The second-order valence-corrected chi connectivity index (χ2v) is 36.6. The number of aliphatic hydroxyl groups is 31. The molecule has 822 valence electrons. The van der Waals surface area contributed by atoms with Crippen molar-refractivity contribution in [3.63, 3.8) is 0 Å². The van der Waals surface area contributed by atoms with Crippen molar-refractivity contribution in [2.75, 3.05) is 59.5 Å². The van der Waals surface area contributed by atoms with Crippen LogP contribution in [0.3, 0.4) is 0 Å². The minimum atomic E-state index is -2.74. The van der Waals surface area contributed by atoms with E-state index in [4.69, 9.17) is 109 Å². The summed E-state index contributed by atoms with van der Waals surface area (Å²) in [4.78, 5) is 53.3. The Labute approximate surface area is 805 Å². The zero-order valence-corrected chi connectivity index (χ0v) is 76.9. The molecule has 12 fully saturated rings. The Morgan fingerprint density at radius 3 is 0.859 bits per heavy atom. The van der Waals surface area contributed by atoms with Gasteiger partial charge < -0.3 is 289 Å². The molecule has 0 aromatic carbocycles. The van der Waals surface area contributed by atoms with Crippen molar-refractivity contribution in [1.29, 1.82) is 0 Å². The van der Waals surface area contributed by atoms with Gasteiger partial charge in [-0.1, -0.05) is 0 Å². The lowest BCUT2D eigenvalue weighted by Crippen LogP contribution is -2.71. The first kappa shape index (κ1) is 116. The summed E-state index contributed by atoms with van der Waals surface area (Å²) in [5.74, 6) is -4.02. The van der Waals surface area contributed by atoms with E-state index >= 15 is 0 Å². The number of carbonyl (C=O) groups excluding carboxylic acids is 4. The van der Waals surface area contributed by atoms with Crippen LogP contribution in [0.4, 0.5) is 0 Å². The summed E-state index contributed by atoms with van der Waals surface area (Å²) >= 11 is 0. The van der Waals surface area contributed by atoms with Crippen LogP contribution >= 0.6 is 0 Å². The van der Waals surface area contributed by atoms with Gasteiger partial charge in [0.1, 0.15) is 274 Å². The summed E-state index contributed by atoms with van der Waals surface area (Å²) in [6, 6.07) is -8.10. The second-order valence-electron chi connectivity index (χ2n) is 36.6. The molecule has 62 nitrogen and oxygen atoms in total. The number of hydrogen-bond donors (Lipinski definition) is 35. The maximum absolute atomic E-state index is 13.7. The highest BCUT2D eigenvalue weighted by atomic mass is 16.8. The number of nitrogens with one attached hydrogen (secondary N) is 4. The van der Waals surface area contributed by atoms with Crippen molar-refractivity contribution in [3.8, 4) is 0 Å². The van der Waals surface area contributed by atoms with Gasteiger partial charge in [-0.3, -0.25) is 19.2 Å². The standard InChI is InChI=1S/C80H134N4O58/c1-17-37(96)47(106)54(113)73(122-17)120-16-32-61(45(104)33(69(119)125-32)81-20(4)92)134-70-34(82-21(5)93)46(105)60(28(12-89)130-70)135-78-59(118)66(140-80-68(53(112)43(102)27(11-88)129-80)142-72-36(84-23(7)95)65(139-75-56(115)49(108)39(98)19(3)124-75)63(30(14-91)132-72)137-77-58(117)51(110)41(100)25(9-86)127-77)44(103)31(133-78)15-121-79-67(52(111)42(101)26(10-87)128-79)141-71-35(83-22(6)94)64(138-74-55(114)48(107)38(97)18(2)123-74)62(29(13-90)131-71)136-76-57(116)50(109)40(99)24(8-85)126-76/h17-19,24-80,85-91,96-119H,8-16H2,1-7H3,(H,81,92)(H,82,93)(H,83,94)(H,84,95)/t17-,18+,19+,24-,25-,26-,27-,28-,29-,30-,31-,32-,33-,34-,35-,36-,37+,38-,39-,40+,41+,42-,43-,44-,45-,46-,47+,48-,49-,50+,51+,52+,53+,54-,55+,56+,57-,58-,59+,60-,61-,62-,63-,64-,65-,66+,67+,68+,69-,70+,71+,72+,73+,74+,75+,76+,77+,78+,79+,80-/m1/s1. The van der Waals surface area contributed by atoms with Crippen molar-refractivity contribution in [3.05, 3.63) is 0 Å². The first-order valence-electron chi connectivity index (χ1n) is 45.7. The highest BCUT2D eigenvalue weighted by Crippen LogP contribution is 2.43. The Kier molecular flexibility index (Phi) is 41.2. The van der Waals surface area contributed by atoms with E-state index in [0.29, 0.717) is 0 Å². The zero-order valence-electron chi connectivity index (χ0n) is 76.9. The number of rotatable bonds is 35. The molecule has 0 unspecified atom stereocenters. The summed E-state index contributed by atoms with van der Waals surface area (Å²) < 4.78 is 140. The summed E-state index contributed by atoms with van der Waals surface area (Å²) in [6.07, 6.45) is -119. The third kappa shape index (κ3) is 25.4. The topological polar surface area (TPSA) is 956 Å².